The van der Waals surface area contributed by atoms with E-state index in [0.717, 1.165) is 23.5 Å². The van der Waals surface area contributed by atoms with Crippen LogP contribution < -0.4 is 9.64 Å². The molecule has 106 valence electrons. The van der Waals surface area contributed by atoms with Gasteiger partial charge in [-0.1, -0.05) is 6.07 Å². The zero-order chi connectivity index (χ0) is 14.0. The van der Waals surface area contributed by atoms with Crippen molar-refractivity contribution in [1.82, 2.24) is 0 Å². The lowest BCUT2D eigenvalue weighted by Gasteiger charge is -2.45. The maximum absolute atomic E-state index is 10.1. The van der Waals surface area contributed by atoms with Crippen LogP contribution in [0.5, 0.6) is 5.75 Å². The van der Waals surface area contributed by atoms with E-state index in [2.05, 4.69) is 18.7 Å². The predicted molar refractivity (Wildman–Crippen MR) is 75.9 cm³/mol. The molecule has 0 spiro atoms. The molecule has 2 rings (SSSR count). The van der Waals surface area contributed by atoms with Gasteiger partial charge < -0.3 is 19.5 Å². The topological polar surface area (TPSA) is 41.9 Å². The van der Waals surface area contributed by atoms with Crippen LogP contribution in [0.15, 0.2) is 18.2 Å². The van der Waals surface area contributed by atoms with Crippen molar-refractivity contribution in [3.63, 3.8) is 0 Å². The number of methoxy groups -OCH3 is 1. The molecule has 4 heteroatoms. The zero-order valence-electron chi connectivity index (χ0n) is 12.1. The van der Waals surface area contributed by atoms with Gasteiger partial charge in [0.05, 0.1) is 32.0 Å². The van der Waals surface area contributed by atoms with Crippen LogP contribution in [0.2, 0.25) is 0 Å². The van der Waals surface area contributed by atoms with Crippen molar-refractivity contribution in [2.45, 2.75) is 32.4 Å². The fraction of sp³-hybridized carbons (Fsp3) is 0.600. The van der Waals surface area contributed by atoms with Crippen molar-refractivity contribution in [3.05, 3.63) is 23.8 Å². The summed E-state index contributed by atoms with van der Waals surface area (Å²) < 4.78 is 10.9. The first kappa shape index (κ1) is 14.2. The van der Waals surface area contributed by atoms with E-state index in [1.54, 1.807) is 14.0 Å². The first-order chi connectivity index (χ1) is 8.97. The molecule has 1 aromatic rings. The molecule has 0 amide bonds. The fourth-order valence-electron chi connectivity index (χ4n) is 2.67. The van der Waals surface area contributed by atoms with Gasteiger partial charge in [0.2, 0.25) is 0 Å². The number of rotatable bonds is 3. The van der Waals surface area contributed by atoms with E-state index in [4.69, 9.17) is 9.47 Å². The van der Waals surface area contributed by atoms with Gasteiger partial charge in [-0.15, -0.1) is 0 Å². The molecule has 0 aromatic heterocycles. The van der Waals surface area contributed by atoms with Crippen LogP contribution in [0.4, 0.5) is 5.69 Å². The summed E-state index contributed by atoms with van der Waals surface area (Å²) in [6.45, 7) is 8.28. The van der Waals surface area contributed by atoms with Gasteiger partial charge >= 0.3 is 0 Å². The summed E-state index contributed by atoms with van der Waals surface area (Å²) in [5.41, 5.74) is 1.79. The summed E-state index contributed by atoms with van der Waals surface area (Å²) in [5.74, 6) is 0.731. The highest BCUT2D eigenvalue weighted by Gasteiger charge is 2.33. The summed E-state index contributed by atoms with van der Waals surface area (Å²) in [4.78, 5) is 2.29. The quantitative estimate of drug-likeness (QED) is 0.911. The number of hydrogen-bond acceptors (Lipinski definition) is 4. The van der Waals surface area contributed by atoms with Gasteiger partial charge in [0, 0.05) is 17.8 Å². The Morgan fingerprint density at radius 3 is 2.74 bits per heavy atom. The van der Waals surface area contributed by atoms with Gasteiger partial charge in [-0.25, -0.2) is 0 Å². The molecule has 1 N–H and O–H groups in total. The highest BCUT2D eigenvalue weighted by Crippen LogP contribution is 2.38. The van der Waals surface area contributed by atoms with E-state index in [9.17, 15) is 5.11 Å². The Morgan fingerprint density at radius 1 is 1.42 bits per heavy atom. The normalized spacial score (nSPS) is 20.2. The highest BCUT2D eigenvalue weighted by molar-refractivity contribution is 5.62. The minimum atomic E-state index is -0.565. The van der Waals surface area contributed by atoms with Gasteiger partial charge in [0.25, 0.3) is 0 Å². The van der Waals surface area contributed by atoms with Crippen LogP contribution in [0, 0.1) is 0 Å². The smallest absolute Gasteiger partial charge is 0.126 e. The summed E-state index contributed by atoms with van der Waals surface area (Å²) in [5, 5.41) is 10.1. The van der Waals surface area contributed by atoms with Crippen LogP contribution in [-0.4, -0.2) is 37.5 Å². The monoisotopic (exact) mass is 265 g/mol. The van der Waals surface area contributed by atoms with E-state index in [1.165, 1.54) is 0 Å². The Balaban J connectivity index is 2.49. The second kappa shape index (κ2) is 5.39. The molecule has 1 aliphatic rings. The maximum Gasteiger partial charge on any atom is 0.126 e. The highest BCUT2D eigenvalue weighted by atomic mass is 16.5. The Labute approximate surface area is 114 Å². The molecule has 19 heavy (non-hydrogen) atoms. The molecule has 0 aliphatic carbocycles. The molecule has 0 saturated carbocycles. The second-order valence-electron chi connectivity index (χ2n) is 5.59. The largest absolute Gasteiger partial charge is 0.496 e. The minimum absolute atomic E-state index is 0.0890. The molecule has 1 atom stereocenters. The average molecular weight is 265 g/mol. The van der Waals surface area contributed by atoms with E-state index in [0.29, 0.717) is 13.2 Å². The molecule has 1 fully saturated rings. The molecular weight excluding hydrogens is 242 g/mol. The van der Waals surface area contributed by atoms with Crippen molar-refractivity contribution >= 4 is 5.69 Å². The summed E-state index contributed by atoms with van der Waals surface area (Å²) >= 11 is 0. The fourth-order valence-corrected chi connectivity index (χ4v) is 2.67. The lowest BCUT2D eigenvalue weighted by molar-refractivity contribution is 0.0639. The third-order valence-corrected chi connectivity index (χ3v) is 3.62. The molecule has 1 aliphatic heterocycles. The molecule has 0 bridgehead atoms. The molecule has 1 saturated heterocycles. The number of anilines is 1. The standard InChI is InChI=1S/C15H23NO3/c1-11(17)14-12(6-5-7-13(14)18-4)16-8-9-19-10-15(16,2)3/h5-7,11,17H,8-10H2,1-4H3/t11-/m0/s1. The van der Waals surface area contributed by atoms with E-state index in [-0.39, 0.29) is 5.54 Å². The maximum atomic E-state index is 10.1. The van der Waals surface area contributed by atoms with Gasteiger partial charge in [-0.3, -0.25) is 0 Å². The van der Waals surface area contributed by atoms with Crippen LogP contribution in [0.25, 0.3) is 0 Å². The Bertz CT molecular complexity index is 443. The van der Waals surface area contributed by atoms with Crippen LogP contribution >= 0.6 is 0 Å². The van der Waals surface area contributed by atoms with Crippen molar-refractivity contribution in [1.29, 1.82) is 0 Å². The van der Waals surface area contributed by atoms with Crippen LogP contribution in [-0.2, 0) is 4.74 Å². The third-order valence-electron chi connectivity index (χ3n) is 3.62. The number of ether oxygens (including phenoxy) is 2. The van der Waals surface area contributed by atoms with Crippen LogP contribution in [0.1, 0.15) is 32.4 Å². The van der Waals surface area contributed by atoms with Gasteiger partial charge in [0.15, 0.2) is 0 Å². The molecule has 1 heterocycles. The predicted octanol–water partition coefficient (Wildman–Crippen LogP) is 2.36. The van der Waals surface area contributed by atoms with Crippen LogP contribution in [0.3, 0.4) is 0 Å². The SMILES string of the molecule is COc1cccc(N2CCOCC2(C)C)c1[C@H](C)O. The first-order valence-corrected chi connectivity index (χ1v) is 6.67. The Kier molecular flexibility index (Phi) is 4.02. The zero-order valence-corrected chi connectivity index (χ0v) is 12.1. The molecule has 4 nitrogen and oxygen atoms in total. The third kappa shape index (κ3) is 2.69. The van der Waals surface area contributed by atoms with E-state index in [1.807, 2.05) is 18.2 Å². The number of aliphatic hydroxyl groups is 1. The number of benzene rings is 1. The second-order valence-corrected chi connectivity index (χ2v) is 5.59. The minimum Gasteiger partial charge on any atom is -0.496 e. The van der Waals surface area contributed by atoms with Crippen molar-refractivity contribution in [2.75, 3.05) is 31.8 Å². The molecule has 1 aromatic carbocycles. The Hall–Kier alpha value is -1.26. The molecule has 0 radical (unpaired) electrons. The summed E-state index contributed by atoms with van der Waals surface area (Å²) in [7, 11) is 1.63. The van der Waals surface area contributed by atoms with Gasteiger partial charge in [0.1, 0.15) is 5.75 Å². The lowest BCUT2D eigenvalue weighted by atomic mass is 9.97. The summed E-state index contributed by atoms with van der Waals surface area (Å²) in [6.07, 6.45) is -0.565. The number of morpholine rings is 1. The van der Waals surface area contributed by atoms with Gasteiger partial charge in [-0.05, 0) is 32.9 Å². The van der Waals surface area contributed by atoms with Crippen molar-refractivity contribution in [3.8, 4) is 5.75 Å². The van der Waals surface area contributed by atoms with E-state index < -0.39 is 6.10 Å². The van der Waals surface area contributed by atoms with Gasteiger partial charge in [-0.2, -0.15) is 0 Å². The summed E-state index contributed by atoms with van der Waals surface area (Å²) in [6, 6.07) is 5.89. The van der Waals surface area contributed by atoms with E-state index >= 15 is 0 Å². The average Bonchev–Trinajstić information content (AvgIpc) is 2.37. The first-order valence-electron chi connectivity index (χ1n) is 6.67. The number of aliphatic hydroxyl groups excluding tert-OH is 1. The Morgan fingerprint density at radius 2 is 2.16 bits per heavy atom. The number of hydrogen-bond donors (Lipinski definition) is 1. The molecule has 0 unspecified atom stereocenters. The van der Waals surface area contributed by atoms with Crippen molar-refractivity contribution < 1.29 is 14.6 Å². The van der Waals surface area contributed by atoms with Crippen molar-refractivity contribution in [2.24, 2.45) is 0 Å². The lowest BCUT2D eigenvalue weighted by Crippen LogP contribution is -2.53. The molecular formula is C15H23NO3. The number of nitrogens with zero attached hydrogens (tertiary/aromatic N) is 1.